The number of halogens is 2. The van der Waals surface area contributed by atoms with Gasteiger partial charge in [-0.3, -0.25) is 0 Å². The Bertz CT molecular complexity index is 97.3. The van der Waals surface area contributed by atoms with Crippen molar-refractivity contribution in [2.24, 2.45) is 0 Å². The Morgan fingerprint density at radius 2 is 2.38 bits per heavy atom. The van der Waals surface area contributed by atoms with E-state index in [4.69, 9.17) is 4.89 Å². The molecule has 6 heteroatoms. The summed E-state index contributed by atoms with van der Waals surface area (Å²) >= 11 is 0. The molecule has 1 aliphatic rings. The van der Waals surface area contributed by atoms with Gasteiger partial charge in [0, 0.05) is 4.20 Å². The second-order valence-corrected chi connectivity index (χ2v) is 2.63. The second-order valence-electron chi connectivity index (χ2n) is 1.26. The number of alkyl halides is 1. The SMILES string of the molecule is O[P+]1(F)OCC(F)O1. The minimum atomic E-state index is -4.22. The lowest BCUT2D eigenvalue weighted by Crippen LogP contribution is -1.97. The Balaban J connectivity index is 2.44. The smallest absolute Gasteiger partial charge is 0.208 e. The number of hydrogen-bond donors (Lipinski definition) is 1. The van der Waals surface area contributed by atoms with Crippen molar-refractivity contribution in [3.05, 3.63) is 0 Å². The van der Waals surface area contributed by atoms with Crippen LogP contribution < -0.4 is 0 Å². The van der Waals surface area contributed by atoms with E-state index in [1.165, 1.54) is 0 Å². The summed E-state index contributed by atoms with van der Waals surface area (Å²) in [6, 6.07) is 0. The van der Waals surface area contributed by atoms with E-state index in [1.54, 1.807) is 0 Å². The molecule has 0 spiro atoms. The van der Waals surface area contributed by atoms with E-state index >= 15 is 0 Å². The maximum absolute atomic E-state index is 11.8. The molecule has 48 valence electrons. The van der Waals surface area contributed by atoms with Crippen molar-refractivity contribution >= 4 is 8.25 Å². The third-order valence-corrected chi connectivity index (χ3v) is 1.57. The van der Waals surface area contributed by atoms with Crippen LogP contribution in [0.1, 0.15) is 0 Å². The molecule has 0 radical (unpaired) electrons. The van der Waals surface area contributed by atoms with Gasteiger partial charge in [-0.05, 0) is 0 Å². The summed E-state index contributed by atoms with van der Waals surface area (Å²) in [5.41, 5.74) is 0. The summed E-state index contributed by atoms with van der Waals surface area (Å²) in [5.74, 6) is 0. The molecule has 0 aliphatic carbocycles. The van der Waals surface area contributed by atoms with Gasteiger partial charge in [-0.15, -0.1) is 9.05 Å². The zero-order valence-electron chi connectivity index (χ0n) is 3.75. The highest BCUT2D eigenvalue weighted by atomic mass is 31.3. The molecule has 0 amide bonds. The number of rotatable bonds is 0. The van der Waals surface area contributed by atoms with Crippen molar-refractivity contribution in [1.29, 1.82) is 0 Å². The highest BCUT2D eigenvalue weighted by Crippen LogP contribution is 2.63. The van der Waals surface area contributed by atoms with Crippen LogP contribution in [-0.4, -0.2) is 17.9 Å². The molecule has 1 saturated heterocycles. The molecule has 0 aromatic rings. The van der Waals surface area contributed by atoms with Crippen LogP contribution in [0.5, 0.6) is 0 Å². The van der Waals surface area contributed by atoms with Crippen molar-refractivity contribution in [2.45, 2.75) is 6.36 Å². The zero-order valence-corrected chi connectivity index (χ0v) is 4.65. The van der Waals surface area contributed by atoms with E-state index in [1.807, 2.05) is 0 Å². The lowest BCUT2D eigenvalue weighted by molar-refractivity contribution is 0.0824. The van der Waals surface area contributed by atoms with Crippen molar-refractivity contribution in [3.63, 3.8) is 0 Å². The highest BCUT2D eigenvalue weighted by molar-refractivity contribution is 7.55. The molecule has 1 aliphatic heterocycles. The minimum Gasteiger partial charge on any atom is -0.208 e. The first-order valence-corrected chi connectivity index (χ1v) is 3.35. The minimum absolute atomic E-state index is 0.513. The van der Waals surface area contributed by atoms with Gasteiger partial charge in [-0.2, -0.15) is 4.89 Å². The van der Waals surface area contributed by atoms with Crippen LogP contribution in [0.25, 0.3) is 0 Å². The summed E-state index contributed by atoms with van der Waals surface area (Å²) in [4.78, 5) is 8.12. The van der Waals surface area contributed by atoms with Gasteiger partial charge in [-0.1, -0.05) is 0 Å². The monoisotopic (exact) mass is 145 g/mol. The van der Waals surface area contributed by atoms with E-state index in [-0.39, 0.29) is 0 Å². The Morgan fingerprint density at radius 3 is 2.50 bits per heavy atom. The van der Waals surface area contributed by atoms with Crippen LogP contribution in [0.4, 0.5) is 8.59 Å². The summed E-state index contributed by atoms with van der Waals surface area (Å²) in [7, 11) is -4.22. The van der Waals surface area contributed by atoms with Crippen LogP contribution in [0.2, 0.25) is 0 Å². The topological polar surface area (TPSA) is 38.7 Å². The molecule has 0 aromatic carbocycles. The molecular weight excluding hydrogens is 141 g/mol. The van der Waals surface area contributed by atoms with Crippen molar-refractivity contribution in [3.8, 4) is 0 Å². The van der Waals surface area contributed by atoms with Crippen molar-refractivity contribution in [2.75, 3.05) is 6.61 Å². The van der Waals surface area contributed by atoms with Gasteiger partial charge >= 0.3 is 8.25 Å². The van der Waals surface area contributed by atoms with Gasteiger partial charge in [0.15, 0.2) is 6.61 Å². The summed E-state index contributed by atoms with van der Waals surface area (Å²) < 4.78 is 31.1. The Morgan fingerprint density at radius 1 is 1.75 bits per heavy atom. The van der Waals surface area contributed by atoms with Gasteiger partial charge in [0.25, 0.3) is 6.36 Å². The standard InChI is InChI=1S/C2H4F2O3P/c3-2-1-6-8(4,5)7-2/h2,5H,1H2/q+1. The Kier molecular flexibility index (Phi) is 1.45. The molecule has 0 saturated carbocycles. The zero-order chi connectivity index (χ0) is 6.20. The molecule has 2 atom stereocenters. The second kappa shape index (κ2) is 1.84. The fourth-order valence-electron chi connectivity index (χ4n) is 0.352. The van der Waals surface area contributed by atoms with Crippen LogP contribution in [-0.2, 0) is 9.05 Å². The quantitative estimate of drug-likeness (QED) is 0.516. The fraction of sp³-hybridized carbons (Fsp3) is 1.00. The van der Waals surface area contributed by atoms with Crippen molar-refractivity contribution < 1.29 is 22.5 Å². The van der Waals surface area contributed by atoms with Gasteiger partial charge in [0.05, 0.1) is 0 Å². The van der Waals surface area contributed by atoms with Crippen LogP contribution in [0.3, 0.4) is 0 Å². The number of hydrogen-bond acceptors (Lipinski definition) is 3. The molecule has 3 nitrogen and oxygen atoms in total. The predicted octanol–water partition coefficient (Wildman–Crippen LogP) is 0.968. The van der Waals surface area contributed by atoms with Crippen LogP contribution in [0.15, 0.2) is 0 Å². The van der Waals surface area contributed by atoms with Gasteiger partial charge in [-0.25, -0.2) is 4.39 Å². The first-order chi connectivity index (χ1) is 3.60. The van der Waals surface area contributed by atoms with E-state index in [9.17, 15) is 8.59 Å². The van der Waals surface area contributed by atoms with E-state index in [2.05, 4.69) is 9.05 Å². The van der Waals surface area contributed by atoms with Gasteiger partial charge in [0.2, 0.25) is 0 Å². The lowest BCUT2D eigenvalue weighted by Gasteiger charge is -1.90. The van der Waals surface area contributed by atoms with E-state index in [0.717, 1.165) is 0 Å². The molecule has 0 bridgehead atoms. The van der Waals surface area contributed by atoms with Gasteiger partial charge < -0.3 is 0 Å². The predicted molar refractivity (Wildman–Crippen MR) is 22.2 cm³/mol. The van der Waals surface area contributed by atoms with Crippen LogP contribution in [0, 0.1) is 0 Å². The Labute approximate surface area is 44.9 Å². The molecule has 0 aromatic heterocycles. The highest BCUT2D eigenvalue weighted by Gasteiger charge is 2.54. The average Bonchev–Trinajstić information content (AvgIpc) is 1.82. The molecule has 1 N–H and O–H groups in total. The molecule has 2 unspecified atom stereocenters. The van der Waals surface area contributed by atoms with E-state index < -0.39 is 21.2 Å². The fourth-order valence-corrected chi connectivity index (χ4v) is 1.06. The maximum atomic E-state index is 11.8. The molecule has 1 fully saturated rings. The normalized spacial score (nSPS) is 47.6. The Hall–Kier alpha value is 0.170. The first kappa shape index (κ1) is 6.29. The first-order valence-electron chi connectivity index (χ1n) is 1.89. The summed E-state index contributed by atoms with van der Waals surface area (Å²) in [5, 5.41) is 0. The third-order valence-electron chi connectivity index (χ3n) is 0.609. The van der Waals surface area contributed by atoms with Crippen molar-refractivity contribution in [1.82, 2.24) is 0 Å². The lowest BCUT2D eigenvalue weighted by atomic mass is 10.8. The van der Waals surface area contributed by atoms with Crippen LogP contribution >= 0.6 is 8.25 Å². The molecule has 8 heavy (non-hydrogen) atoms. The van der Waals surface area contributed by atoms with Gasteiger partial charge in [0.1, 0.15) is 0 Å². The molecular formula is C2H4F2O3P+. The van der Waals surface area contributed by atoms with E-state index in [0.29, 0.717) is 0 Å². The molecule has 1 heterocycles. The molecule has 1 rings (SSSR count). The summed E-state index contributed by atoms with van der Waals surface area (Å²) in [6.07, 6.45) is -1.81. The summed E-state index contributed by atoms with van der Waals surface area (Å²) in [6.45, 7) is -0.513. The average molecular weight is 145 g/mol. The third kappa shape index (κ3) is 1.32. The maximum Gasteiger partial charge on any atom is 0.623 e. The largest absolute Gasteiger partial charge is 0.623 e.